The van der Waals surface area contributed by atoms with E-state index in [1.54, 1.807) is 18.2 Å². The molecule has 1 aromatic rings. The number of rotatable bonds is 2. The molecule has 0 radical (unpaired) electrons. The summed E-state index contributed by atoms with van der Waals surface area (Å²) in [6.07, 6.45) is 2.40. The summed E-state index contributed by atoms with van der Waals surface area (Å²) in [5.74, 6) is -1.03. The zero-order chi connectivity index (χ0) is 10.6. The lowest BCUT2D eigenvalue weighted by molar-refractivity contribution is -0.131. The number of nitriles is 1. The summed E-state index contributed by atoms with van der Waals surface area (Å²) in [6.45, 7) is 0. The van der Waals surface area contributed by atoms with Gasteiger partial charge in [-0.15, -0.1) is 0 Å². The minimum atomic E-state index is -1.03. The second kappa shape index (κ2) is 4.58. The molecule has 1 N–H and O–H groups in total. The second-order valence-electron chi connectivity index (χ2n) is 2.51. The first-order chi connectivity index (χ1) is 6.63. The van der Waals surface area contributed by atoms with Crippen molar-refractivity contribution in [2.45, 2.75) is 0 Å². The number of halogens is 1. The highest BCUT2D eigenvalue weighted by Gasteiger charge is 1.99. The highest BCUT2D eigenvalue weighted by Crippen LogP contribution is 2.16. The molecule has 0 heterocycles. The van der Waals surface area contributed by atoms with Gasteiger partial charge in [0.25, 0.3) is 0 Å². The van der Waals surface area contributed by atoms with E-state index in [0.717, 1.165) is 10.5 Å². The summed E-state index contributed by atoms with van der Waals surface area (Å²) in [7, 11) is 0. The van der Waals surface area contributed by atoms with Crippen molar-refractivity contribution in [2.75, 3.05) is 0 Å². The zero-order valence-corrected chi connectivity index (χ0v) is 8.65. The van der Waals surface area contributed by atoms with Gasteiger partial charge in [-0.05, 0) is 23.8 Å². The van der Waals surface area contributed by atoms with Crippen LogP contribution in [0.15, 0.2) is 28.7 Å². The van der Waals surface area contributed by atoms with Crippen LogP contribution < -0.4 is 0 Å². The van der Waals surface area contributed by atoms with Crippen LogP contribution >= 0.6 is 15.9 Å². The number of carboxylic acid groups (broad SMARTS) is 1. The summed E-state index contributed by atoms with van der Waals surface area (Å²) < 4.78 is 0.793. The summed E-state index contributed by atoms with van der Waals surface area (Å²) in [4.78, 5) is 10.3. The van der Waals surface area contributed by atoms with Gasteiger partial charge in [0.15, 0.2) is 0 Å². The fourth-order valence-electron chi connectivity index (χ4n) is 0.932. The first kappa shape index (κ1) is 10.5. The number of nitrogens with zero attached hydrogens (tertiary/aromatic N) is 1. The molecule has 0 aliphatic rings. The third-order valence-electron chi connectivity index (χ3n) is 1.54. The maximum absolute atomic E-state index is 10.3. The maximum Gasteiger partial charge on any atom is 0.328 e. The molecule has 0 saturated carbocycles. The topological polar surface area (TPSA) is 61.1 Å². The van der Waals surface area contributed by atoms with Crippen molar-refractivity contribution >= 4 is 28.0 Å². The molecular formula is C10H6BrNO2. The lowest BCUT2D eigenvalue weighted by Gasteiger charge is -1.97. The van der Waals surface area contributed by atoms with Gasteiger partial charge in [0.1, 0.15) is 0 Å². The van der Waals surface area contributed by atoms with Crippen LogP contribution in [0.4, 0.5) is 0 Å². The Hall–Kier alpha value is -1.60. The van der Waals surface area contributed by atoms with E-state index in [1.807, 2.05) is 6.07 Å². The minimum absolute atomic E-state index is 0.442. The highest BCUT2D eigenvalue weighted by atomic mass is 79.9. The van der Waals surface area contributed by atoms with E-state index >= 15 is 0 Å². The quantitative estimate of drug-likeness (QED) is 0.822. The van der Waals surface area contributed by atoms with Crippen LogP contribution in [0.25, 0.3) is 6.08 Å². The van der Waals surface area contributed by atoms with Crippen LogP contribution in [0.1, 0.15) is 11.1 Å². The van der Waals surface area contributed by atoms with Crippen molar-refractivity contribution in [3.8, 4) is 6.07 Å². The van der Waals surface area contributed by atoms with Gasteiger partial charge in [0.05, 0.1) is 11.6 Å². The largest absolute Gasteiger partial charge is 0.478 e. The van der Waals surface area contributed by atoms with Crippen LogP contribution in [-0.4, -0.2) is 11.1 Å². The first-order valence-electron chi connectivity index (χ1n) is 3.74. The molecule has 14 heavy (non-hydrogen) atoms. The van der Waals surface area contributed by atoms with E-state index in [2.05, 4.69) is 15.9 Å². The lowest BCUT2D eigenvalue weighted by Crippen LogP contribution is -1.87. The van der Waals surface area contributed by atoms with Gasteiger partial charge in [-0.3, -0.25) is 0 Å². The van der Waals surface area contributed by atoms with Crippen LogP contribution in [0.2, 0.25) is 0 Å². The van der Waals surface area contributed by atoms with E-state index in [-0.39, 0.29) is 0 Å². The fraction of sp³-hybridized carbons (Fsp3) is 0. The van der Waals surface area contributed by atoms with Crippen molar-refractivity contribution in [3.05, 3.63) is 39.9 Å². The van der Waals surface area contributed by atoms with Gasteiger partial charge in [0.2, 0.25) is 0 Å². The molecule has 0 unspecified atom stereocenters. The van der Waals surface area contributed by atoms with Gasteiger partial charge < -0.3 is 5.11 Å². The van der Waals surface area contributed by atoms with Crippen molar-refractivity contribution < 1.29 is 9.90 Å². The molecule has 0 saturated heterocycles. The predicted molar refractivity (Wildman–Crippen MR) is 55.5 cm³/mol. The van der Waals surface area contributed by atoms with E-state index in [9.17, 15) is 4.79 Å². The molecule has 0 fully saturated rings. The minimum Gasteiger partial charge on any atom is -0.478 e. The predicted octanol–water partition coefficient (Wildman–Crippen LogP) is 2.42. The Bertz CT molecular complexity index is 432. The van der Waals surface area contributed by atoms with Crippen LogP contribution in [-0.2, 0) is 4.79 Å². The molecule has 3 nitrogen and oxygen atoms in total. The number of aliphatic carboxylic acids is 1. The summed E-state index contributed by atoms with van der Waals surface area (Å²) in [5.41, 5.74) is 1.04. The van der Waals surface area contributed by atoms with Gasteiger partial charge in [-0.25, -0.2) is 4.79 Å². The number of carboxylic acids is 1. The SMILES string of the molecule is N#Cc1cc(Br)ccc1C=CC(=O)O. The van der Waals surface area contributed by atoms with Crippen LogP contribution in [0, 0.1) is 11.3 Å². The smallest absolute Gasteiger partial charge is 0.328 e. The van der Waals surface area contributed by atoms with E-state index in [4.69, 9.17) is 10.4 Å². The molecule has 0 aliphatic heterocycles. The molecule has 0 bridgehead atoms. The Morgan fingerprint density at radius 3 is 2.86 bits per heavy atom. The molecule has 70 valence electrons. The molecular weight excluding hydrogens is 246 g/mol. The third-order valence-corrected chi connectivity index (χ3v) is 2.03. The zero-order valence-electron chi connectivity index (χ0n) is 7.07. The average Bonchev–Trinajstić information content (AvgIpc) is 2.15. The normalized spacial score (nSPS) is 10.0. The number of hydrogen-bond donors (Lipinski definition) is 1. The standard InChI is InChI=1S/C10H6BrNO2/c11-9-3-1-7(2-4-10(13)14)8(5-9)6-12/h1-5H,(H,13,14). The second-order valence-corrected chi connectivity index (χ2v) is 3.43. The number of hydrogen-bond acceptors (Lipinski definition) is 2. The molecule has 4 heteroatoms. The highest BCUT2D eigenvalue weighted by molar-refractivity contribution is 9.10. The summed E-state index contributed by atoms with van der Waals surface area (Å²) >= 11 is 3.23. The molecule has 0 atom stereocenters. The average molecular weight is 252 g/mol. The Balaban J connectivity index is 3.10. The Kier molecular flexibility index (Phi) is 3.43. The molecule has 0 aromatic heterocycles. The van der Waals surface area contributed by atoms with Crippen molar-refractivity contribution in [1.82, 2.24) is 0 Å². The summed E-state index contributed by atoms with van der Waals surface area (Å²) in [6, 6.07) is 7.06. The Labute approximate surface area is 89.4 Å². The number of benzene rings is 1. The fourth-order valence-corrected chi connectivity index (χ4v) is 1.29. The third kappa shape index (κ3) is 2.71. The van der Waals surface area contributed by atoms with Crippen molar-refractivity contribution in [1.29, 1.82) is 5.26 Å². The van der Waals surface area contributed by atoms with E-state index < -0.39 is 5.97 Å². The maximum atomic E-state index is 10.3. The molecule has 1 aromatic carbocycles. The van der Waals surface area contributed by atoms with Gasteiger partial charge >= 0.3 is 5.97 Å². The first-order valence-corrected chi connectivity index (χ1v) is 4.53. The van der Waals surface area contributed by atoms with Gasteiger partial charge in [-0.2, -0.15) is 5.26 Å². The molecule has 0 amide bonds. The monoisotopic (exact) mass is 251 g/mol. The lowest BCUT2D eigenvalue weighted by atomic mass is 10.1. The van der Waals surface area contributed by atoms with Gasteiger partial charge in [-0.1, -0.05) is 22.0 Å². The van der Waals surface area contributed by atoms with E-state index in [1.165, 1.54) is 6.08 Å². The van der Waals surface area contributed by atoms with Crippen LogP contribution in [0.3, 0.4) is 0 Å². The Morgan fingerprint density at radius 2 is 2.29 bits per heavy atom. The van der Waals surface area contributed by atoms with Crippen molar-refractivity contribution in [2.24, 2.45) is 0 Å². The summed E-state index contributed by atoms with van der Waals surface area (Å²) in [5, 5.41) is 17.2. The molecule has 1 rings (SSSR count). The molecule has 0 aliphatic carbocycles. The van der Waals surface area contributed by atoms with E-state index in [0.29, 0.717) is 11.1 Å². The Morgan fingerprint density at radius 1 is 1.57 bits per heavy atom. The van der Waals surface area contributed by atoms with Crippen LogP contribution in [0.5, 0.6) is 0 Å². The van der Waals surface area contributed by atoms with Crippen molar-refractivity contribution in [3.63, 3.8) is 0 Å². The molecule has 0 spiro atoms. The van der Waals surface area contributed by atoms with Gasteiger partial charge in [0, 0.05) is 10.5 Å². The number of carbonyl (C=O) groups is 1.